The number of anilines is 1. The Hall–Kier alpha value is -1.98. The molecule has 1 amide bonds. The number of hydrogen-bond donors (Lipinski definition) is 2. The normalized spacial score (nSPS) is 12.3. The predicted octanol–water partition coefficient (Wildman–Crippen LogP) is 4.73. The maximum absolute atomic E-state index is 12.4. The van der Waals surface area contributed by atoms with Crippen molar-refractivity contribution in [2.24, 2.45) is 0 Å². The van der Waals surface area contributed by atoms with Gasteiger partial charge in [-0.05, 0) is 42.8 Å². The number of nitrogens with one attached hydrogen (secondary N) is 2. The molecule has 1 aromatic heterocycles. The monoisotopic (exact) mass is 345 g/mol. The van der Waals surface area contributed by atoms with Crippen LogP contribution in [0.25, 0.3) is 11.0 Å². The van der Waals surface area contributed by atoms with Crippen LogP contribution in [0.5, 0.6) is 0 Å². The van der Waals surface area contributed by atoms with Crippen LogP contribution in [-0.2, 0) is 4.79 Å². The zero-order valence-corrected chi connectivity index (χ0v) is 14.1. The molecule has 0 unspecified atom stereocenters. The van der Waals surface area contributed by atoms with Gasteiger partial charge in [-0.1, -0.05) is 42.4 Å². The minimum absolute atomic E-state index is 0.0414. The van der Waals surface area contributed by atoms with Crippen LogP contribution in [0.15, 0.2) is 53.7 Å². The number of carbonyl (C=O) groups excluding carboxylic acids is 1. The van der Waals surface area contributed by atoms with Crippen LogP contribution >= 0.6 is 23.4 Å². The number of aromatic amines is 1. The van der Waals surface area contributed by atoms with E-state index >= 15 is 0 Å². The van der Waals surface area contributed by atoms with Gasteiger partial charge in [-0.3, -0.25) is 4.79 Å². The van der Waals surface area contributed by atoms with E-state index in [1.54, 1.807) is 24.3 Å². The summed E-state index contributed by atoms with van der Waals surface area (Å²) in [6.45, 7) is 1.99. The summed E-state index contributed by atoms with van der Waals surface area (Å²) >= 11 is 7.29. The zero-order valence-electron chi connectivity index (χ0n) is 12.5. The van der Waals surface area contributed by atoms with E-state index < -0.39 is 0 Å². The lowest BCUT2D eigenvalue weighted by Crippen LogP contribution is -2.24. The first kappa shape index (κ1) is 15.9. The van der Waals surface area contributed by atoms with E-state index in [2.05, 4.69) is 15.3 Å². The second-order valence-corrected chi connectivity index (χ2v) is 6.70. The van der Waals surface area contributed by atoms with Gasteiger partial charge in [-0.15, -0.1) is 0 Å². The molecule has 118 valence electrons. The van der Waals surface area contributed by atoms with E-state index in [0.29, 0.717) is 11.4 Å². The van der Waals surface area contributed by atoms with Crippen molar-refractivity contribution in [3.05, 3.63) is 53.6 Å². The molecule has 23 heavy (non-hydrogen) atoms. The number of thioether (sulfide) groups is 1. The summed E-state index contributed by atoms with van der Waals surface area (Å²) in [6, 6.07) is 14.9. The lowest BCUT2D eigenvalue weighted by Gasteiger charge is -2.13. The van der Waals surface area contributed by atoms with Crippen molar-refractivity contribution in [2.45, 2.75) is 23.8 Å². The Bertz CT molecular complexity index is 783. The highest BCUT2D eigenvalue weighted by Gasteiger charge is 2.19. The van der Waals surface area contributed by atoms with Crippen molar-refractivity contribution in [3.63, 3.8) is 0 Å². The van der Waals surface area contributed by atoms with Crippen LogP contribution < -0.4 is 5.32 Å². The first-order valence-electron chi connectivity index (χ1n) is 7.33. The van der Waals surface area contributed by atoms with Gasteiger partial charge in [-0.2, -0.15) is 0 Å². The molecule has 0 bridgehead atoms. The molecule has 2 aromatic carbocycles. The fourth-order valence-electron chi connectivity index (χ4n) is 2.20. The zero-order chi connectivity index (χ0) is 16.2. The summed E-state index contributed by atoms with van der Waals surface area (Å²) in [5.74, 6) is -0.0414. The van der Waals surface area contributed by atoms with Gasteiger partial charge in [0.25, 0.3) is 0 Å². The van der Waals surface area contributed by atoms with Crippen molar-refractivity contribution in [2.75, 3.05) is 5.32 Å². The average molecular weight is 346 g/mol. The van der Waals surface area contributed by atoms with Crippen molar-refractivity contribution in [1.82, 2.24) is 9.97 Å². The molecule has 2 N–H and O–H groups in total. The highest BCUT2D eigenvalue weighted by atomic mass is 35.5. The van der Waals surface area contributed by atoms with Gasteiger partial charge >= 0.3 is 0 Å². The van der Waals surface area contributed by atoms with Crippen LogP contribution in [0.4, 0.5) is 5.69 Å². The number of carbonyl (C=O) groups is 1. The Morgan fingerprint density at radius 1 is 1.26 bits per heavy atom. The van der Waals surface area contributed by atoms with Crippen molar-refractivity contribution in [1.29, 1.82) is 0 Å². The third kappa shape index (κ3) is 3.86. The molecule has 4 nitrogen and oxygen atoms in total. The van der Waals surface area contributed by atoms with Crippen LogP contribution in [0.3, 0.4) is 0 Å². The Morgan fingerprint density at radius 3 is 2.70 bits per heavy atom. The summed E-state index contributed by atoms with van der Waals surface area (Å²) in [7, 11) is 0. The fraction of sp³-hybridized carbons (Fsp3) is 0.176. The third-order valence-electron chi connectivity index (χ3n) is 3.40. The van der Waals surface area contributed by atoms with Gasteiger partial charge in [0.1, 0.15) is 0 Å². The maximum atomic E-state index is 12.4. The van der Waals surface area contributed by atoms with Crippen LogP contribution in [0.1, 0.15) is 13.3 Å². The molecule has 0 aliphatic rings. The summed E-state index contributed by atoms with van der Waals surface area (Å²) in [5, 5.41) is 4.10. The van der Waals surface area contributed by atoms with E-state index in [0.717, 1.165) is 21.9 Å². The molecule has 0 spiro atoms. The second kappa shape index (κ2) is 7.06. The Balaban J connectivity index is 1.71. The third-order valence-corrected chi connectivity index (χ3v) is 4.90. The predicted molar refractivity (Wildman–Crippen MR) is 96.1 cm³/mol. The standard InChI is InChI=1S/C17H16ClN3OS/c1-2-15(16(22)19-12-9-7-11(18)8-10-12)23-17-20-13-5-3-4-6-14(13)21-17/h3-10,15H,2H2,1H3,(H,19,22)(H,20,21)/t15-/m0/s1. The highest BCUT2D eigenvalue weighted by Crippen LogP contribution is 2.26. The molecular formula is C17H16ClN3OS. The fourth-order valence-corrected chi connectivity index (χ4v) is 3.25. The summed E-state index contributed by atoms with van der Waals surface area (Å²) < 4.78 is 0. The largest absolute Gasteiger partial charge is 0.333 e. The number of H-pyrrole nitrogens is 1. The van der Waals surface area contributed by atoms with Gasteiger partial charge in [0.05, 0.1) is 16.3 Å². The molecule has 0 fully saturated rings. The smallest absolute Gasteiger partial charge is 0.237 e. The first-order valence-corrected chi connectivity index (χ1v) is 8.59. The number of amides is 1. The number of hydrogen-bond acceptors (Lipinski definition) is 3. The number of benzene rings is 2. The summed E-state index contributed by atoms with van der Waals surface area (Å²) in [5.41, 5.74) is 2.62. The molecule has 0 aliphatic heterocycles. The quantitative estimate of drug-likeness (QED) is 0.657. The minimum atomic E-state index is -0.216. The molecule has 0 saturated carbocycles. The number of aromatic nitrogens is 2. The molecular weight excluding hydrogens is 330 g/mol. The molecule has 6 heteroatoms. The number of nitrogens with zero attached hydrogens (tertiary/aromatic N) is 1. The first-order chi connectivity index (χ1) is 11.2. The molecule has 3 rings (SSSR count). The lowest BCUT2D eigenvalue weighted by molar-refractivity contribution is -0.115. The molecule has 0 saturated heterocycles. The van der Waals surface area contributed by atoms with Gasteiger partial charge in [0.2, 0.25) is 5.91 Å². The second-order valence-electron chi connectivity index (χ2n) is 5.07. The highest BCUT2D eigenvalue weighted by molar-refractivity contribution is 8.00. The molecule has 1 atom stereocenters. The molecule has 0 radical (unpaired) electrons. The Kier molecular flexibility index (Phi) is 4.88. The van der Waals surface area contributed by atoms with Crippen LogP contribution in [0.2, 0.25) is 5.02 Å². The summed E-state index contributed by atoms with van der Waals surface area (Å²) in [4.78, 5) is 20.2. The van der Waals surface area contributed by atoms with E-state index in [1.807, 2.05) is 31.2 Å². The van der Waals surface area contributed by atoms with Gasteiger partial charge in [-0.25, -0.2) is 4.98 Å². The number of imidazole rings is 1. The summed E-state index contributed by atoms with van der Waals surface area (Å²) in [6.07, 6.45) is 0.709. The van der Waals surface area contributed by atoms with Crippen molar-refractivity contribution >= 4 is 46.0 Å². The van der Waals surface area contributed by atoms with Crippen molar-refractivity contribution < 1.29 is 4.79 Å². The number of rotatable bonds is 5. The van der Waals surface area contributed by atoms with E-state index in [1.165, 1.54) is 11.8 Å². The van der Waals surface area contributed by atoms with Gasteiger partial charge in [0, 0.05) is 10.7 Å². The Labute approximate surface area is 143 Å². The van der Waals surface area contributed by atoms with E-state index in [-0.39, 0.29) is 11.2 Å². The topological polar surface area (TPSA) is 57.8 Å². The number of para-hydroxylation sites is 2. The van der Waals surface area contributed by atoms with E-state index in [9.17, 15) is 4.79 Å². The minimum Gasteiger partial charge on any atom is -0.333 e. The average Bonchev–Trinajstić information content (AvgIpc) is 2.97. The van der Waals surface area contributed by atoms with Gasteiger partial charge in [0.15, 0.2) is 5.16 Å². The molecule has 3 aromatic rings. The molecule has 1 heterocycles. The SMILES string of the molecule is CC[C@H](Sc1nc2ccccc2[nH]1)C(=O)Nc1ccc(Cl)cc1. The molecule has 0 aliphatic carbocycles. The number of halogens is 1. The van der Waals surface area contributed by atoms with Crippen LogP contribution in [0, 0.1) is 0 Å². The van der Waals surface area contributed by atoms with Gasteiger partial charge < -0.3 is 10.3 Å². The van der Waals surface area contributed by atoms with Crippen molar-refractivity contribution in [3.8, 4) is 0 Å². The van der Waals surface area contributed by atoms with E-state index in [4.69, 9.17) is 11.6 Å². The maximum Gasteiger partial charge on any atom is 0.237 e. The Morgan fingerprint density at radius 2 is 2.00 bits per heavy atom. The van der Waals surface area contributed by atoms with Crippen LogP contribution in [-0.4, -0.2) is 21.1 Å². The number of fused-ring (bicyclic) bond motifs is 1. The lowest BCUT2D eigenvalue weighted by atomic mass is 10.3.